The molecule has 1 aromatic carbocycles. The summed E-state index contributed by atoms with van der Waals surface area (Å²) >= 11 is 4.08. The Morgan fingerprint density at radius 1 is 0.943 bits per heavy atom. The summed E-state index contributed by atoms with van der Waals surface area (Å²) < 4.78 is 0. The third-order valence-corrected chi connectivity index (χ3v) is 5.46. The molecule has 35 heavy (non-hydrogen) atoms. The average Bonchev–Trinajstić information content (AvgIpc) is 2.79. The van der Waals surface area contributed by atoms with Gasteiger partial charge in [-0.2, -0.15) is 12.6 Å². The molecule has 1 aromatic rings. The van der Waals surface area contributed by atoms with Crippen molar-refractivity contribution >= 4 is 42.2 Å². The SMILES string of the molecule is CC(C)C(NC(=O)C(Cc1ccc(O)cc1)NC(=O)C(CS)NC(=O)C(N)CCC(N)=O)C(=O)O. The normalized spacial score (nSPS) is 14.3. The molecule has 9 N–H and O–H groups in total. The first-order valence-corrected chi connectivity index (χ1v) is 11.6. The van der Waals surface area contributed by atoms with Gasteiger partial charge in [-0.05, 0) is 30.0 Å². The molecule has 0 radical (unpaired) electrons. The largest absolute Gasteiger partial charge is 0.508 e. The number of carboxylic acids is 1. The van der Waals surface area contributed by atoms with E-state index in [-0.39, 0.29) is 30.8 Å². The zero-order valence-corrected chi connectivity index (χ0v) is 20.5. The van der Waals surface area contributed by atoms with E-state index in [4.69, 9.17) is 11.5 Å². The Labute approximate surface area is 208 Å². The maximum absolute atomic E-state index is 13.0. The number of carbonyl (C=O) groups is 5. The number of benzene rings is 1. The van der Waals surface area contributed by atoms with E-state index in [0.29, 0.717) is 5.56 Å². The molecule has 0 aromatic heterocycles. The summed E-state index contributed by atoms with van der Waals surface area (Å²) in [5.41, 5.74) is 11.4. The quantitative estimate of drug-likeness (QED) is 0.139. The molecule has 194 valence electrons. The summed E-state index contributed by atoms with van der Waals surface area (Å²) in [5, 5.41) is 26.3. The fraction of sp³-hybridized carbons (Fsp3) is 0.500. The molecular weight excluding hydrogens is 478 g/mol. The molecule has 0 saturated heterocycles. The van der Waals surface area contributed by atoms with Crippen LogP contribution >= 0.6 is 12.6 Å². The van der Waals surface area contributed by atoms with Crippen molar-refractivity contribution in [3.8, 4) is 5.75 Å². The Bertz CT molecular complexity index is 910. The van der Waals surface area contributed by atoms with Gasteiger partial charge in [-0.15, -0.1) is 0 Å². The average molecular weight is 512 g/mol. The molecule has 0 aliphatic heterocycles. The smallest absolute Gasteiger partial charge is 0.326 e. The Morgan fingerprint density at radius 3 is 1.97 bits per heavy atom. The van der Waals surface area contributed by atoms with Gasteiger partial charge >= 0.3 is 5.97 Å². The van der Waals surface area contributed by atoms with E-state index in [1.54, 1.807) is 26.0 Å². The molecule has 0 spiro atoms. The minimum atomic E-state index is -1.23. The Balaban J connectivity index is 3.01. The number of aromatic hydroxyl groups is 1. The van der Waals surface area contributed by atoms with Gasteiger partial charge in [0.05, 0.1) is 6.04 Å². The van der Waals surface area contributed by atoms with Crippen LogP contribution in [0.2, 0.25) is 0 Å². The van der Waals surface area contributed by atoms with Gasteiger partial charge in [-0.3, -0.25) is 19.2 Å². The van der Waals surface area contributed by atoms with Gasteiger partial charge in [0, 0.05) is 18.6 Å². The predicted molar refractivity (Wildman–Crippen MR) is 130 cm³/mol. The number of hydrogen-bond acceptors (Lipinski definition) is 8. The number of nitrogens with two attached hydrogens (primary N) is 2. The number of phenolic OH excluding ortho intramolecular Hbond substituents is 1. The van der Waals surface area contributed by atoms with Crippen molar-refractivity contribution in [1.82, 2.24) is 16.0 Å². The second-order valence-corrected chi connectivity index (χ2v) is 8.72. The van der Waals surface area contributed by atoms with E-state index in [2.05, 4.69) is 28.6 Å². The van der Waals surface area contributed by atoms with Gasteiger partial charge in [0.25, 0.3) is 0 Å². The molecule has 13 heteroatoms. The highest BCUT2D eigenvalue weighted by molar-refractivity contribution is 7.80. The highest BCUT2D eigenvalue weighted by Gasteiger charge is 2.31. The first kappa shape index (κ1) is 29.7. The molecule has 0 saturated carbocycles. The molecule has 12 nitrogen and oxygen atoms in total. The van der Waals surface area contributed by atoms with E-state index in [1.165, 1.54) is 12.1 Å². The van der Waals surface area contributed by atoms with Crippen molar-refractivity contribution in [3.05, 3.63) is 29.8 Å². The molecule has 0 heterocycles. The molecule has 0 aliphatic rings. The number of hydrogen-bond donors (Lipinski definition) is 8. The predicted octanol–water partition coefficient (Wildman–Crippen LogP) is -1.35. The lowest BCUT2D eigenvalue weighted by molar-refractivity contribution is -0.143. The Morgan fingerprint density at radius 2 is 1.49 bits per heavy atom. The van der Waals surface area contributed by atoms with E-state index in [9.17, 15) is 34.2 Å². The van der Waals surface area contributed by atoms with E-state index in [1.807, 2.05) is 0 Å². The first-order chi connectivity index (χ1) is 16.3. The highest BCUT2D eigenvalue weighted by atomic mass is 32.1. The lowest BCUT2D eigenvalue weighted by atomic mass is 10.0. The molecule has 4 atom stereocenters. The van der Waals surface area contributed by atoms with Crippen LogP contribution in [0.5, 0.6) is 5.75 Å². The number of aliphatic carboxylic acids is 1. The summed E-state index contributed by atoms with van der Waals surface area (Å²) in [4.78, 5) is 60.6. The summed E-state index contributed by atoms with van der Waals surface area (Å²) in [7, 11) is 0. The zero-order chi connectivity index (χ0) is 26.7. The summed E-state index contributed by atoms with van der Waals surface area (Å²) in [6.07, 6.45) is -0.144. The van der Waals surface area contributed by atoms with Gasteiger partial charge in [0.15, 0.2) is 0 Å². The number of amides is 4. The standard InChI is InChI=1S/C22H33N5O7S/c1-11(2)18(22(33)34)27-20(31)15(9-12-3-5-13(28)6-4-12)25-21(32)16(10-35)26-19(30)14(23)7-8-17(24)29/h3-6,11,14-16,18,28,35H,7-10,23H2,1-2H3,(H2,24,29)(H,25,32)(H,26,30)(H,27,31)(H,33,34). The summed E-state index contributed by atoms with van der Waals surface area (Å²) in [5.74, 6) is -4.58. The molecular formula is C22H33N5O7S. The molecule has 1 rings (SSSR count). The second kappa shape index (κ2) is 14.2. The van der Waals surface area contributed by atoms with Gasteiger partial charge in [-0.1, -0.05) is 26.0 Å². The van der Waals surface area contributed by atoms with Crippen LogP contribution in [-0.2, 0) is 30.4 Å². The van der Waals surface area contributed by atoms with Gasteiger partial charge in [0.2, 0.25) is 23.6 Å². The lowest BCUT2D eigenvalue weighted by Gasteiger charge is -2.25. The van der Waals surface area contributed by atoms with Crippen molar-refractivity contribution in [1.29, 1.82) is 0 Å². The van der Waals surface area contributed by atoms with Crippen LogP contribution in [0, 0.1) is 5.92 Å². The molecule has 0 bridgehead atoms. The summed E-state index contributed by atoms with van der Waals surface area (Å²) in [6, 6.07) is 1.27. The Kier molecular flexibility index (Phi) is 12.0. The van der Waals surface area contributed by atoms with Crippen LogP contribution < -0.4 is 27.4 Å². The van der Waals surface area contributed by atoms with Crippen molar-refractivity contribution in [2.24, 2.45) is 17.4 Å². The molecule has 4 amide bonds. The van der Waals surface area contributed by atoms with E-state index < -0.39 is 59.7 Å². The molecule has 0 aliphatic carbocycles. The number of carboxylic acid groups (broad SMARTS) is 1. The third-order valence-electron chi connectivity index (χ3n) is 5.09. The van der Waals surface area contributed by atoms with Crippen LogP contribution in [-0.4, -0.2) is 69.7 Å². The minimum Gasteiger partial charge on any atom is -0.508 e. The van der Waals surface area contributed by atoms with E-state index >= 15 is 0 Å². The fourth-order valence-electron chi connectivity index (χ4n) is 3.02. The second-order valence-electron chi connectivity index (χ2n) is 8.36. The zero-order valence-electron chi connectivity index (χ0n) is 19.6. The number of rotatable bonds is 14. The van der Waals surface area contributed by atoms with Crippen molar-refractivity contribution in [2.45, 2.75) is 57.3 Å². The maximum atomic E-state index is 13.0. The molecule has 4 unspecified atom stereocenters. The van der Waals surface area contributed by atoms with Gasteiger partial charge in [0.1, 0.15) is 23.9 Å². The first-order valence-electron chi connectivity index (χ1n) is 10.9. The van der Waals surface area contributed by atoms with Crippen molar-refractivity contribution in [2.75, 3.05) is 5.75 Å². The Hall–Kier alpha value is -3.32. The fourth-order valence-corrected chi connectivity index (χ4v) is 3.28. The number of phenols is 1. The van der Waals surface area contributed by atoms with Gasteiger partial charge in [-0.25, -0.2) is 4.79 Å². The lowest BCUT2D eigenvalue weighted by Crippen LogP contribution is -2.58. The van der Waals surface area contributed by atoms with Crippen molar-refractivity contribution < 1.29 is 34.2 Å². The van der Waals surface area contributed by atoms with E-state index in [0.717, 1.165) is 0 Å². The number of primary amides is 1. The van der Waals surface area contributed by atoms with Crippen LogP contribution in [0.4, 0.5) is 0 Å². The third kappa shape index (κ3) is 10.2. The number of thiol groups is 1. The minimum absolute atomic E-state index is 0.00932. The number of carbonyl (C=O) groups excluding carboxylic acids is 4. The van der Waals surface area contributed by atoms with Crippen LogP contribution in [0.1, 0.15) is 32.3 Å². The summed E-state index contributed by atoms with van der Waals surface area (Å²) in [6.45, 7) is 3.25. The topological polar surface area (TPSA) is 214 Å². The highest BCUT2D eigenvalue weighted by Crippen LogP contribution is 2.12. The number of nitrogens with one attached hydrogen (secondary N) is 3. The van der Waals surface area contributed by atoms with Crippen LogP contribution in [0.25, 0.3) is 0 Å². The molecule has 0 fully saturated rings. The van der Waals surface area contributed by atoms with Crippen LogP contribution in [0.3, 0.4) is 0 Å². The van der Waals surface area contributed by atoms with Gasteiger partial charge < -0.3 is 37.6 Å². The van der Waals surface area contributed by atoms with Crippen molar-refractivity contribution in [3.63, 3.8) is 0 Å². The monoisotopic (exact) mass is 511 g/mol. The maximum Gasteiger partial charge on any atom is 0.326 e. The van der Waals surface area contributed by atoms with Crippen LogP contribution in [0.15, 0.2) is 24.3 Å².